The number of hydrogen-bond donors (Lipinski definition) is 1. The highest BCUT2D eigenvalue weighted by Gasteiger charge is 2.25. The van der Waals surface area contributed by atoms with Crippen molar-refractivity contribution in [3.8, 4) is 0 Å². The number of carbonyl (C=O) groups is 1. The van der Waals surface area contributed by atoms with Crippen LogP contribution < -0.4 is 10.2 Å². The van der Waals surface area contributed by atoms with Crippen LogP contribution in [0, 0.1) is 0 Å². The Kier molecular flexibility index (Phi) is 8.49. The van der Waals surface area contributed by atoms with E-state index in [2.05, 4.69) is 29.4 Å². The van der Waals surface area contributed by atoms with Gasteiger partial charge < -0.3 is 10.2 Å². The molecule has 0 aromatic heterocycles. The van der Waals surface area contributed by atoms with Crippen LogP contribution in [-0.4, -0.2) is 51.9 Å². The Bertz CT molecular complexity index is 922. The van der Waals surface area contributed by atoms with E-state index in [4.69, 9.17) is 0 Å². The summed E-state index contributed by atoms with van der Waals surface area (Å²) in [4.78, 5) is 14.8. The van der Waals surface area contributed by atoms with Gasteiger partial charge in [-0.3, -0.25) is 4.79 Å². The molecule has 168 valence electrons. The standard InChI is InChI=1S/C24H33N3O3S/c1-26(22-11-5-4-6-12-22)18-10-7-17-25-24(28)21-13-15-23(16-14-21)31(29,30)27-19-8-2-3-9-20-27/h4-6,11-16H,2-3,7-10,17-20H2,1H3,(H,25,28). The molecule has 0 bridgehead atoms. The van der Waals surface area contributed by atoms with Crippen molar-refractivity contribution in [2.24, 2.45) is 0 Å². The number of amides is 1. The van der Waals surface area contributed by atoms with E-state index in [0.717, 1.165) is 45.1 Å². The van der Waals surface area contributed by atoms with Gasteiger partial charge in [-0.05, 0) is 62.1 Å². The van der Waals surface area contributed by atoms with Crippen LogP contribution in [0.3, 0.4) is 0 Å². The molecule has 0 aliphatic carbocycles. The van der Waals surface area contributed by atoms with E-state index in [9.17, 15) is 13.2 Å². The van der Waals surface area contributed by atoms with Gasteiger partial charge in [-0.1, -0.05) is 31.0 Å². The van der Waals surface area contributed by atoms with E-state index >= 15 is 0 Å². The van der Waals surface area contributed by atoms with Crippen molar-refractivity contribution in [2.75, 3.05) is 38.1 Å². The Morgan fingerprint density at radius 2 is 1.58 bits per heavy atom. The molecule has 1 saturated heterocycles. The lowest BCUT2D eigenvalue weighted by Crippen LogP contribution is -2.32. The fourth-order valence-corrected chi connectivity index (χ4v) is 5.32. The number of anilines is 1. The quantitative estimate of drug-likeness (QED) is 0.597. The summed E-state index contributed by atoms with van der Waals surface area (Å²) in [6.07, 6.45) is 5.81. The number of unbranched alkanes of at least 4 members (excludes halogenated alkanes) is 1. The van der Waals surface area contributed by atoms with Crippen molar-refractivity contribution in [3.63, 3.8) is 0 Å². The summed E-state index contributed by atoms with van der Waals surface area (Å²) < 4.78 is 27.3. The van der Waals surface area contributed by atoms with E-state index in [0.29, 0.717) is 25.2 Å². The Balaban J connectivity index is 1.44. The predicted molar refractivity (Wildman–Crippen MR) is 125 cm³/mol. The zero-order valence-corrected chi connectivity index (χ0v) is 19.1. The first kappa shape index (κ1) is 23.3. The second-order valence-corrected chi connectivity index (χ2v) is 10.0. The van der Waals surface area contributed by atoms with Crippen molar-refractivity contribution in [1.29, 1.82) is 0 Å². The molecule has 2 aromatic carbocycles. The number of rotatable bonds is 9. The van der Waals surface area contributed by atoms with Crippen LogP contribution in [0.25, 0.3) is 0 Å². The molecule has 1 fully saturated rings. The number of hydrogen-bond acceptors (Lipinski definition) is 4. The summed E-state index contributed by atoms with van der Waals surface area (Å²) in [5, 5.41) is 2.92. The van der Waals surface area contributed by atoms with Gasteiger partial charge >= 0.3 is 0 Å². The highest BCUT2D eigenvalue weighted by Crippen LogP contribution is 2.20. The average molecular weight is 444 g/mol. The third-order valence-corrected chi connectivity index (χ3v) is 7.64. The molecule has 0 spiro atoms. The lowest BCUT2D eigenvalue weighted by atomic mass is 10.2. The van der Waals surface area contributed by atoms with Crippen molar-refractivity contribution in [3.05, 3.63) is 60.2 Å². The highest BCUT2D eigenvalue weighted by atomic mass is 32.2. The van der Waals surface area contributed by atoms with E-state index in [1.54, 1.807) is 28.6 Å². The maximum Gasteiger partial charge on any atom is 0.251 e. The van der Waals surface area contributed by atoms with Crippen LogP contribution in [0.1, 0.15) is 48.9 Å². The monoisotopic (exact) mass is 443 g/mol. The Morgan fingerprint density at radius 1 is 0.935 bits per heavy atom. The van der Waals surface area contributed by atoms with E-state index < -0.39 is 10.0 Å². The molecule has 2 aromatic rings. The van der Waals surface area contributed by atoms with Crippen molar-refractivity contribution in [2.45, 2.75) is 43.4 Å². The fourth-order valence-electron chi connectivity index (χ4n) is 3.80. The second kappa shape index (κ2) is 11.3. The van der Waals surface area contributed by atoms with Crippen LogP contribution in [0.4, 0.5) is 5.69 Å². The molecule has 0 atom stereocenters. The van der Waals surface area contributed by atoms with Crippen molar-refractivity contribution < 1.29 is 13.2 Å². The molecule has 1 amide bonds. The van der Waals surface area contributed by atoms with E-state index in [-0.39, 0.29) is 10.8 Å². The van der Waals surface area contributed by atoms with Crippen LogP contribution in [0.2, 0.25) is 0 Å². The molecule has 7 heteroatoms. The van der Waals surface area contributed by atoms with Gasteiger partial charge in [-0.2, -0.15) is 4.31 Å². The summed E-state index contributed by atoms with van der Waals surface area (Å²) in [6.45, 7) is 2.66. The average Bonchev–Trinajstić information content (AvgIpc) is 3.09. The molecule has 0 unspecified atom stereocenters. The molecular weight excluding hydrogens is 410 g/mol. The molecule has 1 aliphatic rings. The van der Waals surface area contributed by atoms with Crippen LogP contribution >= 0.6 is 0 Å². The minimum atomic E-state index is -3.49. The SMILES string of the molecule is CN(CCCCNC(=O)c1ccc(S(=O)(=O)N2CCCCCC2)cc1)c1ccccc1. The normalized spacial score (nSPS) is 15.3. The summed E-state index contributed by atoms with van der Waals surface area (Å²) in [7, 11) is -1.42. The third-order valence-electron chi connectivity index (χ3n) is 5.72. The minimum Gasteiger partial charge on any atom is -0.375 e. The Morgan fingerprint density at radius 3 is 2.23 bits per heavy atom. The topological polar surface area (TPSA) is 69.7 Å². The summed E-state index contributed by atoms with van der Waals surface area (Å²) in [6, 6.07) is 16.5. The number of benzene rings is 2. The number of nitrogens with zero attached hydrogens (tertiary/aromatic N) is 2. The van der Waals surface area contributed by atoms with Gasteiger partial charge in [0.25, 0.3) is 5.91 Å². The van der Waals surface area contributed by atoms with Gasteiger partial charge in [0.05, 0.1) is 4.90 Å². The van der Waals surface area contributed by atoms with Gasteiger partial charge in [0.1, 0.15) is 0 Å². The smallest absolute Gasteiger partial charge is 0.251 e. The molecule has 3 rings (SSSR count). The molecule has 31 heavy (non-hydrogen) atoms. The Labute approximate surface area is 186 Å². The molecule has 1 heterocycles. The van der Waals surface area contributed by atoms with Crippen LogP contribution in [-0.2, 0) is 10.0 Å². The van der Waals surface area contributed by atoms with Crippen molar-refractivity contribution >= 4 is 21.6 Å². The molecule has 1 aliphatic heterocycles. The zero-order valence-electron chi connectivity index (χ0n) is 18.3. The van der Waals surface area contributed by atoms with Gasteiger partial charge in [-0.25, -0.2) is 8.42 Å². The fraction of sp³-hybridized carbons (Fsp3) is 0.458. The van der Waals surface area contributed by atoms with Crippen LogP contribution in [0.5, 0.6) is 0 Å². The van der Waals surface area contributed by atoms with Gasteiger partial charge in [0, 0.05) is 44.5 Å². The highest BCUT2D eigenvalue weighted by molar-refractivity contribution is 7.89. The number of nitrogens with one attached hydrogen (secondary N) is 1. The summed E-state index contributed by atoms with van der Waals surface area (Å²) in [5.41, 5.74) is 1.66. The molecule has 0 radical (unpaired) electrons. The largest absolute Gasteiger partial charge is 0.375 e. The second-order valence-electron chi connectivity index (χ2n) is 8.06. The van der Waals surface area contributed by atoms with Gasteiger partial charge in [0.2, 0.25) is 10.0 Å². The molecule has 6 nitrogen and oxygen atoms in total. The predicted octanol–water partition coefficient (Wildman–Crippen LogP) is 3.90. The van der Waals surface area contributed by atoms with Gasteiger partial charge in [-0.15, -0.1) is 0 Å². The minimum absolute atomic E-state index is 0.171. The maximum absolute atomic E-state index is 12.8. The number of carbonyl (C=O) groups excluding carboxylic acids is 1. The van der Waals surface area contributed by atoms with Crippen molar-refractivity contribution in [1.82, 2.24) is 9.62 Å². The molecule has 1 N–H and O–H groups in total. The lowest BCUT2D eigenvalue weighted by Gasteiger charge is -2.20. The third kappa shape index (κ3) is 6.55. The maximum atomic E-state index is 12.8. The first-order valence-corrected chi connectivity index (χ1v) is 12.6. The number of sulfonamides is 1. The molecule has 0 saturated carbocycles. The van der Waals surface area contributed by atoms with E-state index in [1.165, 1.54) is 5.69 Å². The van der Waals surface area contributed by atoms with Crippen LogP contribution in [0.15, 0.2) is 59.5 Å². The zero-order chi connectivity index (χ0) is 22.1. The van der Waals surface area contributed by atoms with E-state index in [1.807, 2.05) is 18.2 Å². The lowest BCUT2D eigenvalue weighted by molar-refractivity contribution is 0.0953. The van der Waals surface area contributed by atoms with Gasteiger partial charge in [0.15, 0.2) is 0 Å². The number of para-hydroxylation sites is 1. The first-order chi connectivity index (χ1) is 15.0. The Hall–Kier alpha value is -2.38. The first-order valence-electron chi connectivity index (χ1n) is 11.1. The summed E-state index contributed by atoms with van der Waals surface area (Å²) in [5.74, 6) is -0.171. The summed E-state index contributed by atoms with van der Waals surface area (Å²) >= 11 is 0. The molecular formula is C24H33N3O3S.